The fourth-order valence-corrected chi connectivity index (χ4v) is 6.06. The lowest BCUT2D eigenvalue weighted by molar-refractivity contribution is -0.114. The number of amides is 1. The molecule has 208 valence electrons. The van der Waals surface area contributed by atoms with Crippen LogP contribution in [0.25, 0.3) is 0 Å². The van der Waals surface area contributed by atoms with Gasteiger partial charge in [-0.25, -0.2) is 25.6 Å². The zero-order valence-electron chi connectivity index (χ0n) is 20.9. The Bertz CT molecular complexity index is 1700. The maximum absolute atomic E-state index is 13.4. The van der Waals surface area contributed by atoms with E-state index in [1.54, 1.807) is 0 Å². The van der Waals surface area contributed by atoms with Crippen molar-refractivity contribution in [3.63, 3.8) is 0 Å². The molecule has 0 heterocycles. The number of carbonyl (C=O) groups excluding carboxylic acids is 1. The third-order valence-electron chi connectivity index (χ3n) is 5.59. The van der Waals surface area contributed by atoms with Gasteiger partial charge < -0.3 is 10.1 Å². The molecule has 9 nitrogen and oxygen atoms in total. The van der Waals surface area contributed by atoms with Gasteiger partial charge in [-0.1, -0.05) is 0 Å². The number of benzene rings is 4. The van der Waals surface area contributed by atoms with Gasteiger partial charge in [-0.3, -0.25) is 13.8 Å². The number of nitrogens with one attached hydrogen (secondary N) is 2. The molecule has 0 radical (unpaired) electrons. The molecule has 40 heavy (non-hydrogen) atoms. The van der Waals surface area contributed by atoms with Gasteiger partial charge in [-0.2, -0.15) is 0 Å². The summed E-state index contributed by atoms with van der Waals surface area (Å²) in [5, 5.41) is 2.55. The number of halogens is 2. The van der Waals surface area contributed by atoms with Gasteiger partial charge in [-0.15, -0.1) is 0 Å². The second-order valence-corrected chi connectivity index (χ2v) is 11.9. The number of carbonyl (C=O) groups is 1. The second-order valence-electron chi connectivity index (χ2n) is 8.35. The zero-order valence-corrected chi connectivity index (χ0v) is 22.5. The highest BCUT2D eigenvalue weighted by Gasteiger charge is 2.27. The van der Waals surface area contributed by atoms with E-state index in [0.717, 1.165) is 40.7 Å². The number of sulfonamides is 2. The van der Waals surface area contributed by atoms with E-state index in [0.29, 0.717) is 5.75 Å². The van der Waals surface area contributed by atoms with Gasteiger partial charge in [0.1, 0.15) is 23.9 Å². The van der Waals surface area contributed by atoms with Crippen LogP contribution in [0.5, 0.6) is 5.75 Å². The van der Waals surface area contributed by atoms with E-state index in [9.17, 15) is 30.4 Å². The number of nitrogens with zero attached hydrogens (tertiary/aromatic N) is 1. The summed E-state index contributed by atoms with van der Waals surface area (Å²) in [6.07, 6.45) is 0. The van der Waals surface area contributed by atoms with Crippen molar-refractivity contribution >= 4 is 43.0 Å². The Hall–Kier alpha value is -4.49. The lowest BCUT2D eigenvalue weighted by atomic mass is 10.3. The number of anilines is 3. The maximum atomic E-state index is 13.4. The van der Waals surface area contributed by atoms with E-state index in [-0.39, 0.29) is 26.9 Å². The molecule has 0 aliphatic carbocycles. The summed E-state index contributed by atoms with van der Waals surface area (Å²) in [7, 11) is -6.83. The first-order valence-corrected chi connectivity index (χ1v) is 14.5. The van der Waals surface area contributed by atoms with Gasteiger partial charge in [-0.05, 0) is 97.1 Å². The molecule has 0 aliphatic heterocycles. The smallest absolute Gasteiger partial charge is 0.264 e. The average molecular weight is 588 g/mol. The first-order chi connectivity index (χ1) is 19.0. The van der Waals surface area contributed by atoms with Crippen molar-refractivity contribution in [1.29, 1.82) is 0 Å². The molecule has 0 aliphatic rings. The SMILES string of the molecule is COc1ccc(N(CC(=O)Nc2ccc(S(=O)(=O)Nc3ccc(F)cc3)cc2)S(=O)(=O)c2ccc(F)cc2)cc1. The minimum atomic E-state index is -4.28. The van der Waals surface area contributed by atoms with Crippen LogP contribution in [0.4, 0.5) is 25.8 Å². The van der Waals surface area contributed by atoms with Crippen molar-refractivity contribution in [3.8, 4) is 5.75 Å². The zero-order chi connectivity index (χ0) is 28.9. The predicted molar refractivity (Wildman–Crippen MR) is 146 cm³/mol. The monoisotopic (exact) mass is 587 g/mol. The van der Waals surface area contributed by atoms with Crippen LogP contribution in [0.3, 0.4) is 0 Å². The Balaban J connectivity index is 1.53. The minimum Gasteiger partial charge on any atom is -0.497 e. The number of rotatable bonds is 10. The van der Waals surface area contributed by atoms with Gasteiger partial charge in [0.05, 0.1) is 22.6 Å². The Morgan fingerprint density at radius 2 is 1.23 bits per heavy atom. The molecule has 0 aromatic heterocycles. The molecule has 4 rings (SSSR count). The van der Waals surface area contributed by atoms with Crippen molar-refractivity contribution in [2.45, 2.75) is 9.79 Å². The van der Waals surface area contributed by atoms with Gasteiger partial charge in [0.15, 0.2) is 0 Å². The second kappa shape index (κ2) is 11.7. The fourth-order valence-electron chi connectivity index (χ4n) is 3.58. The molecule has 4 aromatic rings. The van der Waals surface area contributed by atoms with E-state index >= 15 is 0 Å². The van der Waals surface area contributed by atoms with Crippen LogP contribution in [-0.2, 0) is 24.8 Å². The molecule has 0 saturated heterocycles. The molecule has 4 aromatic carbocycles. The van der Waals surface area contributed by atoms with E-state index in [4.69, 9.17) is 4.74 Å². The molecule has 0 saturated carbocycles. The summed E-state index contributed by atoms with van der Waals surface area (Å²) in [6, 6.07) is 20.1. The number of hydrogen-bond acceptors (Lipinski definition) is 6. The molecule has 1 amide bonds. The number of hydrogen-bond donors (Lipinski definition) is 2. The van der Waals surface area contributed by atoms with Crippen LogP contribution < -0.4 is 19.1 Å². The Morgan fingerprint density at radius 1 is 0.725 bits per heavy atom. The average Bonchev–Trinajstić information content (AvgIpc) is 2.93. The number of ether oxygens (including phenoxy) is 1. The molecule has 0 unspecified atom stereocenters. The standard InChI is InChI=1S/C27H23F2N3O6S2/c1-38-24-12-10-23(11-13-24)32(40(36,37)26-14-4-20(29)5-15-26)18-27(33)30-21-8-16-25(17-9-21)39(34,35)31-22-6-2-19(28)3-7-22/h2-17,31H,18H2,1H3,(H,30,33). The van der Waals surface area contributed by atoms with Gasteiger partial charge in [0, 0.05) is 11.4 Å². The van der Waals surface area contributed by atoms with Gasteiger partial charge >= 0.3 is 0 Å². The molecule has 0 atom stereocenters. The first-order valence-electron chi connectivity index (χ1n) is 11.6. The van der Waals surface area contributed by atoms with Crippen molar-refractivity contribution in [2.24, 2.45) is 0 Å². The van der Waals surface area contributed by atoms with E-state index in [2.05, 4.69) is 10.0 Å². The topological polar surface area (TPSA) is 122 Å². The molecular formula is C27H23F2N3O6S2. The minimum absolute atomic E-state index is 0.117. The van der Waals surface area contributed by atoms with E-state index in [1.165, 1.54) is 67.8 Å². The molecule has 13 heteroatoms. The molecule has 0 spiro atoms. The third-order valence-corrected chi connectivity index (χ3v) is 8.78. The van der Waals surface area contributed by atoms with Crippen molar-refractivity contribution in [3.05, 3.63) is 109 Å². The lowest BCUT2D eigenvalue weighted by Gasteiger charge is -2.24. The van der Waals surface area contributed by atoms with Gasteiger partial charge in [0.2, 0.25) is 5.91 Å². The summed E-state index contributed by atoms with van der Waals surface area (Å²) in [5.41, 5.74) is 0.535. The predicted octanol–water partition coefficient (Wildman–Crippen LogP) is 4.61. The largest absolute Gasteiger partial charge is 0.497 e. The fraction of sp³-hybridized carbons (Fsp3) is 0.0741. The van der Waals surface area contributed by atoms with Crippen LogP contribution in [0.2, 0.25) is 0 Å². The normalized spacial score (nSPS) is 11.5. The highest BCUT2D eigenvalue weighted by Crippen LogP contribution is 2.26. The van der Waals surface area contributed by atoms with Crippen LogP contribution in [0.1, 0.15) is 0 Å². The van der Waals surface area contributed by atoms with Crippen LogP contribution >= 0.6 is 0 Å². The highest BCUT2D eigenvalue weighted by molar-refractivity contribution is 7.93. The summed E-state index contributed by atoms with van der Waals surface area (Å²) in [4.78, 5) is 12.6. The van der Waals surface area contributed by atoms with Crippen molar-refractivity contribution in [2.75, 3.05) is 28.0 Å². The van der Waals surface area contributed by atoms with Crippen LogP contribution in [0, 0.1) is 11.6 Å². The van der Waals surface area contributed by atoms with Crippen molar-refractivity contribution in [1.82, 2.24) is 0 Å². The first kappa shape index (κ1) is 28.5. The summed E-state index contributed by atoms with van der Waals surface area (Å²) < 4.78 is 86.9. The van der Waals surface area contributed by atoms with Crippen molar-refractivity contribution < 1.29 is 35.1 Å². The summed E-state index contributed by atoms with van der Waals surface area (Å²) in [6.45, 7) is -0.641. The van der Waals surface area contributed by atoms with E-state index < -0.39 is 44.1 Å². The molecule has 2 N–H and O–H groups in total. The molecule has 0 bridgehead atoms. The maximum Gasteiger partial charge on any atom is 0.264 e. The molecular weight excluding hydrogens is 564 g/mol. The quantitative estimate of drug-likeness (QED) is 0.280. The Kier molecular flexibility index (Phi) is 8.35. The van der Waals surface area contributed by atoms with Gasteiger partial charge in [0.25, 0.3) is 20.0 Å². The summed E-state index contributed by atoms with van der Waals surface area (Å²) in [5.74, 6) is -1.39. The Morgan fingerprint density at radius 3 is 1.77 bits per heavy atom. The highest BCUT2D eigenvalue weighted by atomic mass is 32.2. The number of methoxy groups -OCH3 is 1. The Labute approximate surface area is 230 Å². The van der Waals surface area contributed by atoms with Crippen LogP contribution in [0.15, 0.2) is 107 Å². The van der Waals surface area contributed by atoms with Crippen LogP contribution in [-0.4, -0.2) is 36.4 Å². The lowest BCUT2D eigenvalue weighted by Crippen LogP contribution is -2.38. The molecule has 0 fully saturated rings. The third kappa shape index (κ3) is 6.74. The summed E-state index contributed by atoms with van der Waals surface area (Å²) >= 11 is 0. The van der Waals surface area contributed by atoms with E-state index in [1.807, 2.05) is 0 Å².